The molecule has 0 atom stereocenters. The first kappa shape index (κ1) is 18.9. The predicted molar refractivity (Wildman–Crippen MR) is 105 cm³/mol. The van der Waals surface area contributed by atoms with E-state index >= 15 is 0 Å². The van der Waals surface area contributed by atoms with Crippen LogP contribution in [0.5, 0.6) is 0 Å². The van der Waals surface area contributed by atoms with E-state index in [1.165, 1.54) is 34.9 Å². The van der Waals surface area contributed by atoms with E-state index in [1.54, 1.807) is 30.3 Å². The van der Waals surface area contributed by atoms with Gasteiger partial charge in [-0.1, -0.05) is 36.4 Å². The maximum absolute atomic E-state index is 13.6. The normalized spacial score (nSPS) is 11.7. The lowest BCUT2D eigenvalue weighted by Gasteiger charge is -2.13. The first-order chi connectivity index (χ1) is 13.8. The lowest BCUT2D eigenvalue weighted by atomic mass is 9.97. The molecule has 0 bridgehead atoms. The number of para-hydroxylation sites is 1. The maximum atomic E-state index is 13.6. The van der Waals surface area contributed by atoms with Crippen molar-refractivity contribution in [1.82, 2.24) is 4.57 Å². The van der Waals surface area contributed by atoms with Gasteiger partial charge in [0, 0.05) is 17.0 Å². The van der Waals surface area contributed by atoms with Gasteiger partial charge in [0.25, 0.3) is 5.56 Å². The molecule has 0 saturated carbocycles. The Morgan fingerprint density at radius 1 is 0.931 bits per heavy atom. The average molecular weight is 415 g/mol. The van der Waals surface area contributed by atoms with Crippen LogP contribution in [0.3, 0.4) is 0 Å². The number of fused-ring (bicyclic) bond motifs is 1. The van der Waals surface area contributed by atoms with Gasteiger partial charge in [0.1, 0.15) is 9.71 Å². The van der Waals surface area contributed by atoms with Crippen LogP contribution in [0.15, 0.2) is 71.5 Å². The van der Waals surface area contributed by atoms with Gasteiger partial charge < -0.3 is 5.11 Å². The maximum Gasteiger partial charge on any atom is 0.417 e. The molecule has 0 saturated heterocycles. The highest BCUT2D eigenvalue weighted by molar-refractivity contribution is 7.21. The molecule has 8 heteroatoms. The van der Waals surface area contributed by atoms with Crippen molar-refractivity contribution in [2.45, 2.75) is 6.18 Å². The molecule has 4 aromatic rings. The number of rotatable bonds is 3. The van der Waals surface area contributed by atoms with Crippen LogP contribution in [-0.2, 0) is 6.18 Å². The van der Waals surface area contributed by atoms with Crippen molar-refractivity contribution in [3.8, 4) is 16.8 Å². The summed E-state index contributed by atoms with van der Waals surface area (Å²) in [5.74, 6) is -1.36. The fourth-order valence-electron chi connectivity index (χ4n) is 3.27. The summed E-state index contributed by atoms with van der Waals surface area (Å²) in [5, 5.41) is 9.97. The van der Waals surface area contributed by atoms with E-state index in [9.17, 15) is 27.9 Å². The third-order valence-electron chi connectivity index (χ3n) is 4.45. The van der Waals surface area contributed by atoms with Gasteiger partial charge in [0.2, 0.25) is 0 Å². The molecular weight excluding hydrogens is 403 g/mol. The van der Waals surface area contributed by atoms with E-state index in [0.717, 1.165) is 17.4 Å². The SMILES string of the molecule is O=C(O)c1sc2c(ccc(=O)n2-c2ccccc2)c1-c1ccccc1C(F)(F)F. The monoisotopic (exact) mass is 415 g/mol. The number of aromatic carboxylic acids is 1. The molecule has 0 fully saturated rings. The van der Waals surface area contributed by atoms with Crippen molar-refractivity contribution in [3.63, 3.8) is 0 Å². The molecule has 2 aromatic carbocycles. The zero-order valence-corrected chi connectivity index (χ0v) is 15.4. The molecule has 4 rings (SSSR count). The van der Waals surface area contributed by atoms with E-state index in [1.807, 2.05) is 0 Å². The summed E-state index contributed by atoms with van der Waals surface area (Å²) >= 11 is 0.778. The van der Waals surface area contributed by atoms with Gasteiger partial charge in [-0.3, -0.25) is 9.36 Å². The summed E-state index contributed by atoms with van der Waals surface area (Å²) in [6.45, 7) is 0. The molecule has 0 aliphatic carbocycles. The smallest absolute Gasteiger partial charge is 0.417 e. The average Bonchev–Trinajstić information content (AvgIpc) is 3.07. The summed E-state index contributed by atoms with van der Waals surface area (Å²) in [7, 11) is 0. The minimum atomic E-state index is -4.66. The van der Waals surface area contributed by atoms with Crippen LogP contribution in [0, 0.1) is 0 Å². The molecular formula is C21H12F3NO3S. The van der Waals surface area contributed by atoms with Crippen LogP contribution in [-0.4, -0.2) is 15.6 Å². The van der Waals surface area contributed by atoms with Crippen molar-refractivity contribution in [2.24, 2.45) is 0 Å². The van der Waals surface area contributed by atoms with Gasteiger partial charge in [0.15, 0.2) is 0 Å². The second-order valence-electron chi connectivity index (χ2n) is 6.22. The Bertz CT molecular complexity index is 1290. The summed E-state index contributed by atoms with van der Waals surface area (Å²) in [6.07, 6.45) is -4.66. The van der Waals surface area contributed by atoms with Gasteiger partial charge >= 0.3 is 12.1 Å². The number of carbonyl (C=O) groups is 1. The molecule has 4 nitrogen and oxygen atoms in total. The summed E-state index contributed by atoms with van der Waals surface area (Å²) in [4.78, 5) is 24.4. The van der Waals surface area contributed by atoms with Gasteiger partial charge in [-0.15, -0.1) is 11.3 Å². The third kappa shape index (κ3) is 3.21. The Hall–Kier alpha value is -3.39. The quantitative estimate of drug-likeness (QED) is 0.485. The van der Waals surface area contributed by atoms with Crippen LogP contribution in [0.1, 0.15) is 15.2 Å². The molecule has 29 heavy (non-hydrogen) atoms. The van der Waals surface area contributed by atoms with Crippen LogP contribution in [0.2, 0.25) is 0 Å². The van der Waals surface area contributed by atoms with Crippen LogP contribution < -0.4 is 5.56 Å². The Kier molecular flexibility index (Phi) is 4.50. The van der Waals surface area contributed by atoms with E-state index in [2.05, 4.69) is 0 Å². The molecule has 0 spiro atoms. The number of benzene rings is 2. The fraction of sp³-hybridized carbons (Fsp3) is 0.0476. The van der Waals surface area contributed by atoms with Crippen LogP contribution in [0.4, 0.5) is 13.2 Å². The van der Waals surface area contributed by atoms with E-state index in [4.69, 9.17) is 0 Å². The van der Waals surface area contributed by atoms with Gasteiger partial charge in [-0.2, -0.15) is 13.2 Å². The first-order valence-electron chi connectivity index (χ1n) is 8.43. The number of carboxylic acid groups (broad SMARTS) is 1. The molecule has 0 aliphatic heterocycles. The number of alkyl halides is 3. The Labute approximate surface area is 166 Å². The molecule has 146 valence electrons. The highest BCUT2D eigenvalue weighted by atomic mass is 32.1. The standard InChI is InChI=1S/C21H12F3NO3S/c22-21(23,24)15-9-5-4-8-13(15)17-14-10-11-16(26)25(12-6-2-1-3-7-12)19(14)29-18(17)20(27)28/h1-11H,(H,27,28). The lowest BCUT2D eigenvalue weighted by molar-refractivity contribution is -0.137. The van der Waals surface area contributed by atoms with Crippen molar-refractivity contribution in [2.75, 3.05) is 0 Å². The topological polar surface area (TPSA) is 59.3 Å². The van der Waals surface area contributed by atoms with Crippen molar-refractivity contribution < 1.29 is 23.1 Å². The molecule has 2 aromatic heterocycles. The molecule has 0 aliphatic rings. The number of halogens is 3. The van der Waals surface area contributed by atoms with E-state index in [0.29, 0.717) is 5.69 Å². The highest BCUT2D eigenvalue weighted by Crippen LogP contribution is 2.44. The summed E-state index contributed by atoms with van der Waals surface area (Å²) < 4.78 is 42.1. The zero-order valence-electron chi connectivity index (χ0n) is 14.6. The minimum Gasteiger partial charge on any atom is -0.477 e. The van der Waals surface area contributed by atoms with Crippen LogP contribution >= 0.6 is 11.3 Å². The number of hydrogen-bond donors (Lipinski definition) is 1. The van der Waals surface area contributed by atoms with Crippen LogP contribution in [0.25, 0.3) is 27.0 Å². The number of aromatic nitrogens is 1. The fourth-order valence-corrected chi connectivity index (χ4v) is 4.44. The molecule has 0 radical (unpaired) electrons. The Morgan fingerprint density at radius 3 is 2.24 bits per heavy atom. The van der Waals surface area contributed by atoms with E-state index < -0.39 is 23.3 Å². The number of nitrogens with zero attached hydrogens (tertiary/aromatic N) is 1. The number of pyridine rings is 1. The van der Waals surface area contributed by atoms with Gasteiger partial charge in [-0.25, -0.2) is 4.79 Å². The zero-order chi connectivity index (χ0) is 20.8. The first-order valence-corrected chi connectivity index (χ1v) is 9.24. The minimum absolute atomic E-state index is 0.0462. The number of hydrogen-bond acceptors (Lipinski definition) is 3. The van der Waals surface area contributed by atoms with Gasteiger partial charge in [0.05, 0.1) is 11.3 Å². The van der Waals surface area contributed by atoms with Gasteiger partial charge in [-0.05, 0) is 29.8 Å². The Morgan fingerprint density at radius 2 is 1.59 bits per heavy atom. The second-order valence-corrected chi connectivity index (χ2v) is 7.22. The molecule has 0 amide bonds. The number of carboxylic acids is 1. The summed E-state index contributed by atoms with van der Waals surface area (Å²) in [6, 6.07) is 16.0. The third-order valence-corrected chi connectivity index (χ3v) is 5.63. The molecule has 0 unspecified atom stereocenters. The predicted octanol–water partition coefficient (Wildman–Crippen LogP) is 5.44. The van der Waals surface area contributed by atoms with Crippen molar-refractivity contribution in [3.05, 3.63) is 87.5 Å². The molecule has 1 N–H and O–H groups in total. The van der Waals surface area contributed by atoms with Crippen molar-refractivity contribution in [1.29, 1.82) is 0 Å². The Balaban J connectivity index is 2.14. The second kappa shape index (κ2) is 6.89. The highest BCUT2D eigenvalue weighted by Gasteiger charge is 2.35. The number of thiophene rings is 1. The summed E-state index contributed by atoms with van der Waals surface area (Å²) in [5.41, 5.74) is -1.12. The largest absolute Gasteiger partial charge is 0.477 e. The lowest BCUT2D eigenvalue weighted by Crippen LogP contribution is -2.16. The molecule has 2 heterocycles. The van der Waals surface area contributed by atoms with E-state index in [-0.39, 0.29) is 26.2 Å². The van der Waals surface area contributed by atoms with Crippen molar-refractivity contribution >= 4 is 27.5 Å².